The van der Waals surface area contributed by atoms with E-state index in [-0.39, 0.29) is 0 Å². The number of nitrogen functional groups attached to an aromatic ring is 1. The minimum absolute atomic E-state index is 0.406. The van der Waals surface area contributed by atoms with E-state index in [9.17, 15) is 0 Å². The number of nitrogens with zero attached hydrogens (tertiary/aromatic N) is 2. The Labute approximate surface area is 125 Å². The van der Waals surface area contributed by atoms with Crippen LogP contribution < -0.4 is 10.5 Å². The minimum Gasteiger partial charge on any atom is -0.486 e. The zero-order valence-electron chi connectivity index (χ0n) is 11.0. The van der Waals surface area contributed by atoms with Gasteiger partial charge in [-0.1, -0.05) is 24.3 Å². The predicted molar refractivity (Wildman–Crippen MR) is 83.6 cm³/mol. The number of para-hydroxylation sites is 1. The molecule has 2 N–H and O–H groups in total. The quantitative estimate of drug-likeness (QED) is 0.747. The Morgan fingerprint density at radius 3 is 2.85 bits per heavy atom. The number of halogens is 1. The Bertz CT molecular complexity index is 767. The topological polar surface area (TPSA) is 53.1 Å². The van der Waals surface area contributed by atoms with Crippen molar-refractivity contribution in [2.75, 3.05) is 5.73 Å². The van der Waals surface area contributed by atoms with Crippen LogP contribution in [-0.2, 0) is 13.7 Å². The smallest absolute Gasteiger partial charge is 0.136 e. The molecule has 20 heavy (non-hydrogen) atoms. The molecule has 0 radical (unpaired) electrons. The molecule has 0 bridgehead atoms. The molecule has 4 nitrogen and oxygen atoms in total. The molecule has 0 aliphatic carbocycles. The van der Waals surface area contributed by atoms with Gasteiger partial charge in [-0.2, -0.15) is 5.10 Å². The lowest BCUT2D eigenvalue weighted by molar-refractivity contribution is 0.299. The normalized spacial score (nSPS) is 10.9. The molecular weight excluding hydrogens is 318 g/mol. The molecule has 0 unspecified atom stereocenters. The SMILES string of the molecule is Cn1nc(COc2cccc(N)c2Br)c2ccccc21. The molecule has 0 aliphatic heterocycles. The second kappa shape index (κ2) is 5.17. The van der Waals surface area contributed by atoms with Crippen molar-refractivity contribution in [3.63, 3.8) is 0 Å². The molecule has 0 saturated carbocycles. The molecule has 1 aromatic heterocycles. The van der Waals surface area contributed by atoms with Gasteiger partial charge in [-0.25, -0.2) is 0 Å². The van der Waals surface area contributed by atoms with Crippen molar-refractivity contribution in [1.29, 1.82) is 0 Å². The Balaban J connectivity index is 1.89. The van der Waals surface area contributed by atoms with Gasteiger partial charge in [0.25, 0.3) is 0 Å². The van der Waals surface area contributed by atoms with E-state index in [1.165, 1.54) is 0 Å². The van der Waals surface area contributed by atoms with Crippen LogP contribution in [0.4, 0.5) is 5.69 Å². The van der Waals surface area contributed by atoms with Crippen LogP contribution in [0.3, 0.4) is 0 Å². The van der Waals surface area contributed by atoms with Gasteiger partial charge in [0.2, 0.25) is 0 Å². The molecule has 5 heteroatoms. The molecule has 0 aliphatic rings. The van der Waals surface area contributed by atoms with E-state index in [4.69, 9.17) is 10.5 Å². The first-order chi connectivity index (χ1) is 9.66. The largest absolute Gasteiger partial charge is 0.486 e. The molecule has 3 aromatic rings. The van der Waals surface area contributed by atoms with Gasteiger partial charge in [0.1, 0.15) is 18.1 Å². The second-order valence-corrected chi connectivity index (χ2v) is 5.33. The molecule has 1 heterocycles. The van der Waals surface area contributed by atoms with Gasteiger partial charge < -0.3 is 10.5 Å². The van der Waals surface area contributed by atoms with E-state index in [1.807, 2.05) is 48.1 Å². The van der Waals surface area contributed by atoms with Crippen LogP contribution in [-0.4, -0.2) is 9.78 Å². The summed E-state index contributed by atoms with van der Waals surface area (Å²) in [4.78, 5) is 0. The summed E-state index contributed by atoms with van der Waals surface area (Å²) >= 11 is 3.43. The van der Waals surface area contributed by atoms with Crippen molar-refractivity contribution in [3.05, 3.63) is 52.6 Å². The number of hydrogen-bond acceptors (Lipinski definition) is 3. The molecular formula is C15H14BrN3O. The number of nitrogens with two attached hydrogens (primary N) is 1. The summed E-state index contributed by atoms with van der Waals surface area (Å²) in [5.41, 5.74) is 8.51. The number of rotatable bonds is 3. The van der Waals surface area contributed by atoms with E-state index in [0.717, 1.165) is 26.8 Å². The van der Waals surface area contributed by atoms with Gasteiger partial charge in [-0.15, -0.1) is 0 Å². The van der Waals surface area contributed by atoms with Gasteiger partial charge >= 0.3 is 0 Å². The van der Waals surface area contributed by atoms with E-state index >= 15 is 0 Å². The molecule has 2 aromatic carbocycles. The van der Waals surface area contributed by atoms with Crippen molar-refractivity contribution < 1.29 is 4.74 Å². The molecule has 102 valence electrons. The van der Waals surface area contributed by atoms with Gasteiger partial charge in [0, 0.05) is 18.1 Å². The lowest BCUT2D eigenvalue weighted by Gasteiger charge is -2.08. The summed E-state index contributed by atoms with van der Waals surface area (Å²) in [6, 6.07) is 13.7. The Morgan fingerprint density at radius 1 is 1.20 bits per heavy atom. The van der Waals surface area contributed by atoms with E-state index < -0.39 is 0 Å². The Morgan fingerprint density at radius 2 is 2.00 bits per heavy atom. The summed E-state index contributed by atoms with van der Waals surface area (Å²) in [5, 5.41) is 5.61. The highest BCUT2D eigenvalue weighted by atomic mass is 79.9. The Hall–Kier alpha value is -2.01. The zero-order chi connectivity index (χ0) is 14.1. The lowest BCUT2D eigenvalue weighted by atomic mass is 10.2. The first-order valence-electron chi connectivity index (χ1n) is 6.24. The highest BCUT2D eigenvalue weighted by Gasteiger charge is 2.10. The van der Waals surface area contributed by atoms with Crippen LogP contribution in [0.25, 0.3) is 10.9 Å². The molecule has 0 atom stereocenters. The summed E-state index contributed by atoms with van der Waals surface area (Å²) in [6.07, 6.45) is 0. The number of ether oxygens (including phenoxy) is 1. The highest BCUT2D eigenvalue weighted by Crippen LogP contribution is 2.31. The van der Waals surface area contributed by atoms with E-state index in [2.05, 4.69) is 27.1 Å². The summed E-state index contributed by atoms with van der Waals surface area (Å²) in [5.74, 6) is 0.722. The maximum atomic E-state index is 5.84. The van der Waals surface area contributed by atoms with Crippen LogP contribution in [0.15, 0.2) is 46.9 Å². The first kappa shape index (κ1) is 13.0. The molecule has 0 spiro atoms. The highest BCUT2D eigenvalue weighted by molar-refractivity contribution is 9.10. The van der Waals surface area contributed by atoms with Crippen LogP contribution in [0.5, 0.6) is 5.75 Å². The van der Waals surface area contributed by atoms with Crippen LogP contribution >= 0.6 is 15.9 Å². The lowest BCUT2D eigenvalue weighted by Crippen LogP contribution is -1.99. The van der Waals surface area contributed by atoms with E-state index in [0.29, 0.717) is 12.3 Å². The molecule has 0 fully saturated rings. The van der Waals surface area contributed by atoms with Gasteiger partial charge in [0.15, 0.2) is 0 Å². The summed E-state index contributed by atoms with van der Waals surface area (Å²) in [6.45, 7) is 0.406. The van der Waals surface area contributed by atoms with Crippen LogP contribution in [0, 0.1) is 0 Å². The van der Waals surface area contributed by atoms with Crippen molar-refractivity contribution >= 4 is 32.5 Å². The monoisotopic (exact) mass is 331 g/mol. The Kier molecular flexibility index (Phi) is 3.36. The summed E-state index contributed by atoms with van der Waals surface area (Å²) < 4.78 is 8.46. The number of aromatic nitrogens is 2. The fourth-order valence-electron chi connectivity index (χ4n) is 2.18. The number of anilines is 1. The maximum absolute atomic E-state index is 5.84. The fourth-order valence-corrected chi connectivity index (χ4v) is 2.56. The van der Waals surface area contributed by atoms with Gasteiger partial charge in [-0.05, 0) is 34.1 Å². The van der Waals surface area contributed by atoms with Crippen molar-refractivity contribution in [3.8, 4) is 5.75 Å². The fraction of sp³-hybridized carbons (Fsp3) is 0.133. The first-order valence-corrected chi connectivity index (χ1v) is 7.03. The third-order valence-corrected chi connectivity index (χ3v) is 4.04. The summed E-state index contributed by atoms with van der Waals surface area (Å²) in [7, 11) is 1.93. The van der Waals surface area contributed by atoms with Crippen molar-refractivity contribution in [1.82, 2.24) is 9.78 Å². The average molecular weight is 332 g/mol. The predicted octanol–water partition coefficient (Wildman–Crippen LogP) is 3.50. The van der Waals surface area contributed by atoms with Crippen LogP contribution in [0.2, 0.25) is 0 Å². The second-order valence-electron chi connectivity index (χ2n) is 4.54. The van der Waals surface area contributed by atoms with Gasteiger partial charge in [-0.3, -0.25) is 4.68 Å². The number of benzene rings is 2. The minimum atomic E-state index is 0.406. The maximum Gasteiger partial charge on any atom is 0.136 e. The third-order valence-electron chi connectivity index (χ3n) is 3.19. The number of hydrogen-bond donors (Lipinski definition) is 1. The standard InChI is InChI=1S/C15H14BrN3O/c1-19-13-7-3-2-5-10(13)12(18-19)9-20-14-8-4-6-11(17)15(14)16/h2-8H,9,17H2,1H3. The van der Waals surface area contributed by atoms with Crippen molar-refractivity contribution in [2.45, 2.75) is 6.61 Å². The zero-order valence-corrected chi connectivity index (χ0v) is 12.6. The average Bonchev–Trinajstić information content (AvgIpc) is 2.78. The molecule has 0 amide bonds. The molecule has 0 saturated heterocycles. The van der Waals surface area contributed by atoms with Crippen molar-refractivity contribution in [2.24, 2.45) is 7.05 Å². The van der Waals surface area contributed by atoms with E-state index in [1.54, 1.807) is 0 Å². The third kappa shape index (κ3) is 2.25. The van der Waals surface area contributed by atoms with Crippen LogP contribution in [0.1, 0.15) is 5.69 Å². The van der Waals surface area contributed by atoms with Gasteiger partial charge in [0.05, 0.1) is 9.99 Å². The number of fused-ring (bicyclic) bond motifs is 1. The molecule has 3 rings (SSSR count). The number of aryl methyl sites for hydroxylation is 1.